The molecule has 3 N–H and O–H groups in total. The Bertz CT molecular complexity index is 968. The van der Waals surface area contributed by atoms with Crippen LogP contribution < -0.4 is 0 Å². The average molecular weight is 535 g/mol. The van der Waals surface area contributed by atoms with Crippen LogP contribution in [-0.2, 0) is 23.7 Å². The second-order valence-electron chi connectivity index (χ2n) is 13.7. The van der Waals surface area contributed by atoms with Crippen molar-refractivity contribution in [3.63, 3.8) is 0 Å². The van der Waals surface area contributed by atoms with Gasteiger partial charge in [0.1, 0.15) is 24.9 Å². The Hall–Kier alpha value is -1.03. The highest BCUT2D eigenvalue weighted by molar-refractivity contribution is 5.85. The van der Waals surface area contributed by atoms with Crippen LogP contribution in [-0.4, -0.2) is 77.4 Å². The normalized spacial score (nSPS) is 54.5. The van der Waals surface area contributed by atoms with Crippen molar-refractivity contribution < 1.29 is 39.1 Å². The van der Waals surface area contributed by atoms with E-state index in [2.05, 4.69) is 13.8 Å². The zero-order valence-corrected chi connectivity index (χ0v) is 23.3. The minimum atomic E-state index is -1.04. The molecule has 0 amide bonds. The standard InChI is InChI=1S/C30H46O8/c1-16-24(32)26(35-4)25(33)27(37-16)38-19-7-10-28(2)18(14-19)5-6-22-21(28)8-11-29(3)20(9-12-30(22,29)34)17-13-23(31)36-15-17/h13,16,18-22,24-27,32-34H,5-12,14-15H2,1-4H3/t16-,18+,19-,20-,21?,22?,24-,25-,26+,27-,28-,29+,30-/m0/s1. The lowest BCUT2D eigenvalue weighted by Gasteiger charge is -2.64. The number of hydrogen-bond donors (Lipinski definition) is 3. The number of hydrogen-bond acceptors (Lipinski definition) is 8. The molecule has 4 aliphatic carbocycles. The van der Waals surface area contributed by atoms with E-state index in [1.807, 2.05) is 0 Å². The summed E-state index contributed by atoms with van der Waals surface area (Å²) in [7, 11) is 1.49. The molecule has 8 nitrogen and oxygen atoms in total. The number of esters is 1. The largest absolute Gasteiger partial charge is 0.458 e. The zero-order valence-electron chi connectivity index (χ0n) is 23.3. The molecule has 2 unspecified atom stereocenters. The smallest absolute Gasteiger partial charge is 0.331 e. The van der Waals surface area contributed by atoms with Crippen LogP contribution in [0, 0.1) is 34.5 Å². The van der Waals surface area contributed by atoms with E-state index in [1.54, 1.807) is 13.0 Å². The van der Waals surface area contributed by atoms with E-state index < -0.39 is 36.3 Å². The third-order valence-electron chi connectivity index (χ3n) is 12.3. The van der Waals surface area contributed by atoms with Crippen LogP contribution in [0.3, 0.4) is 0 Å². The van der Waals surface area contributed by atoms with Crippen LogP contribution in [0.4, 0.5) is 0 Å². The maximum absolute atomic E-state index is 12.4. The summed E-state index contributed by atoms with van der Waals surface area (Å²) in [6.07, 6.45) is 6.45. The molecular formula is C30H46O8. The molecule has 5 fully saturated rings. The van der Waals surface area contributed by atoms with Gasteiger partial charge in [0.05, 0.1) is 17.8 Å². The van der Waals surface area contributed by atoms with Gasteiger partial charge < -0.3 is 34.3 Å². The summed E-state index contributed by atoms with van der Waals surface area (Å²) in [6.45, 7) is 6.87. The summed E-state index contributed by atoms with van der Waals surface area (Å²) >= 11 is 0. The van der Waals surface area contributed by atoms with E-state index in [1.165, 1.54) is 7.11 Å². The van der Waals surface area contributed by atoms with Gasteiger partial charge in [-0.2, -0.15) is 0 Å². The van der Waals surface area contributed by atoms with Crippen molar-refractivity contribution in [3.05, 3.63) is 11.6 Å². The monoisotopic (exact) mass is 534 g/mol. The lowest BCUT2D eigenvalue weighted by atomic mass is 9.43. The Morgan fingerprint density at radius 2 is 1.79 bits per heavy atom. The number of carbonyl (C=O) groups is 1. The molecule has 0 radical (unpaired) electrons. The topological polar surface area (TPSA) is 115 Å². The Balaban J connectivity index is 1.16. The van der Waals surface area contributed by atoms with E-state index in [4.69, 9.17) is 18.9 Å². The highest BCUT2D eigenvalue weighted by atomic mass is 16.7. The molecule has 8 heteroatoms. The number of ether oxygens (including phenoxy) is 4. The van der Waals surface area contributed by atoms with Gasteiger partial charge in [0.15, 0.2) is 6.29 Å². The second-order valence-corrected chi connectivity index (χ2v) is 13.7. The fourth-order valence-corrected chi connectivity index (χ4v) is 10.1. The molecular weight excluding hydrogens is 488 g/mol. The molecule has 13 atom stereocenters. The number of methoxy groups -OCH3 is 1. The third kappa shape index (κ3) is 3.88. The van der Waals surface area contributed by atoms with E-state index in [0.29, 0.717) is 18.4 Å². The molecule has 1 saturated heterocycles. The molecule has 0 spiro atoms. The quantitative estimate of drug-likeness (QED) is 0.372. The Kier molecular flexibility index (Phi) is 6.80. The summed E-state index contributed by atoms with van der Waals surface area (Å²) in [5, 5.41) is 33.5. The average Bonchev–Trinajstić information content (AvgIpc) is 3.43. The van der Waals surface area contributed by atoms with Crippen molar-refractivity contribution in [1.29, 1.82) is 0 Å². The highest BCUT2D eigenvalue weighted by Crippen LogP contribution is 2.70. The number of aliphatic hydroxyl groups is 3. The molecule has 4 saturated carbocycles. The van der Waals surface area contributed by atoms with Gasteiger partial charge in [-0.15, -0.1) is 0 Å². The van der Waals surface area contributed by atoms with Crippen molar-refractivity contribution in [3.8, 4) is 0 Å². The van der Waals surface area contributed by atoms with Crippen molar-refractivity contribution >= 4 is 5.97 Å². The molecule has 214 valence electrons. The molecule has 0 aromatic carbocycles. The highest BCUT2D eigenvalue weighted by Gasteiger charge is 2.67. The fourth-order valence-electron chi connectivity index (χ4n) is 10.1. The maximum Gasteiger partial charge on any atom is 0.331 e. The summed E-state index contributed by atoms with van der Waals surface area (Å²) < 4.78 is 22.8. The molecule has 38 heavy (non-hydrogen) atoms. The molecule has 0 bridgehead atoms. The summed E-state index contributed by atoms with van der Waals surface area (Å²) in [6, 6.07) is 0. The second kappa shape index (κ2) is 9.52. The van der Waals surface area contributed by atoms with Gasteiger partial charge in [-0.25, -0.2) is 4.79 Å². The summed E-state index contributed by atoms with van der Waals surface area (Å²) in [5.74, 6) is 1.22. The van der Waals surface area contributed by atoms with Crippen LogP contribution in [0.25, 0.3) is 0 Å². The van der Waals surface area contributed by atoms with Crippen molar-refractivity contribution in [1.82, 2.24) is 0 Å². The number of rotatable bonds is 4. The number of aliphatic hydroxyl groups excluding tert-OH is 2. The van der Waals surface area contributed by atoms with Crippen molar-refractivity contribution in [2.24, 2.45) is 34.5 Å². The molecule has 6 aliphatic rings. The van der Waals surface area contributed by atoms with Crippen molar-refractivity contribution in [2.45, 2.75) is 121 Å². The first-order valence-corrected chi connectivity index (χ1v) is 14.8. The molecule has 2 aliphatic heterocycles. The predicted octanol–water partition coefficient (Wildman–Crippen LogP) is 3.11. The number of cyclic esters (lactones) is 1. The van der Waals surface area contributed by atoms with E-state index in [-0.39, 0.29) is 34.7 Å². The van der Waals surface area contributed by atoms with Gasteiger partial charge in [0.2, 0.25) is 0 Å². The van der Waals surface area contributed by atoms with Gasteiger partial charge in [-0.05, 0) is 99.4 Å². The van der Waals surface area contributed by atoms with Gasteiger partial charge in [-0.3, -0.25) is 0 Å². The molecule has 0 aromatic rings. The Labute approximate surface area is 226 Å². The van der Waals surface area contributed by atoms with Crippen LogP contribution in [0.15, 0.2) is 11.6 Å². The fraction of sp³-hybridized carbons (Fsp3) is 0.900. The summed E-state index contributed by atoms with van der Waals surface area (Å²) in [5.41, 5.74) is 0.300. The number of fused-ring (bicyclic) bond motifs is 5. The SMILES string of the molecule is CO[C@H]1[C@H](O)[C@H](O[C@H]2CC[C@]3(C)C4CC[C@]5(C)[C@H](C6=CC(=O)OC6)CC[C@]5(O)C4CC[C@@H]3C2)O[C@@H](C)[C@@H]1O. The predicted molar refractivity (Wildman–Crippen MR) is 138 cm³/mol. The number of carbonyl (C=O) groups excluding carboxylic acids is 1. The lowest BCUT2D eigenvalue weighted by molar-refractivity contribution is -0.313. The molecule has 2 heterocycles. The van der Waals surface area contributed by atoms with E-state index in [0.717, 1.165) is 63.4 Å². The molecule has 6 rings (SSSR count). The van der Waals surface area contributed by atoms with Crippen LogP contribution in [0.5, 0.6) is 0 Å². The third-order valence-corrected chi connectivity index (χ3v) is 12.3. The first kappa shape index (κ1) is 27.2. The van der Waals surface area contributed by atoms with E-state index >= 15 is 0 Å². The Morgan fingerprint density at radius 3 is 2.50 bits per heavy atom. The minimum Gasteiger partial charge on any atom is -0.458 e. The van der Waals surface area contributed by atoms with Crippen LogP contribution in [0.2, 0.25) is 0 Å². The van der Waals surface area contributed by atoms with Gasteiger partial charge >= 0.3 is 5.97 Å². The first-order chi connectivity index (χ1) is 18.0. The van der Waals surface area contributed by atoms with Gasteiger partial charge in [-0.1, -0.05) is 13.8 Å². The minimum absolute atomic E-state index is 0.0103. The van der Waals surface area contributed by atoms with Gasteiger partial charge in [0.25, 0.3) is 0 Å². The van der Waals surface area contributed by atoms with Crippen LogP contribution in [0.1, 0.15) is 78.6 Å². The van der Waals surface area contributed by atoms with Crippen molar-refractivity contribution in [2.75, 3.05) is 13.7 Å². The van der Waals surface area contributed by atoms with Gasteiger partial charge in [0, 0.05) is 18.6 Å². The first-order valence-electron chi connectivity index (χ1n) is 14.8. The van der Waals surface area contributed by atoms with E-state index in [9.17, 15) is 20.1 Å². The van der Waals surface area contributed by atoms with Crippen LogP contribution >= 0.6 is 0 Å². The summed E-state index contributed by atoms with van der Waals surface area (Å²) in [4.78, 5) is 11.8. The Morgan fingerprint density at radius 1 is 1.00 bits per heavy atom. The zero-order chi connectivity index (χ0) is 27.0. The maximum atomic E-state index is 12.4. The lowest BCUT2D eigenvalue weighted by Crippen LogP contribution is -2.62. The molecule has 0 aromatic heterocycles.